The first-order valence-electron chi connectivity index (χ1n) is 17.8. The van der Waals surface area contributed by atoms with Crippen molar-refractivity contribution in [3.8, 4) is 0 Å². The SMILES string of the molecule is CNC(C)C(=O)N[C@H](C(=O)N1CC(NC(=O)c2cccc(C(=O)N[C@H]3CCN(C(=O)C(NC(=O)[C@H](C)NC)C(C)(C)C)C3)c2)CC1C(N)=O)C(C)C. The van der Waals surface area contributed by atoms with Gasteiger partial charge in [-0.05, 0) is 70.3 Å². The van der Waals surface area contributed by atoms with Crippen LogP contribution >= 0.6 is 0 Å². The summed E-state index contributed by atoms with van der Waals surface area (Å²) < 4.78 is 0. The number of carbonyl (C=O) groups is 7. The van der Waals surface area contributed by atoms with Crippen molar-refractivity contribution in [2.24, 2.45) is 17.1 Å². The van der Waals surface area contributed by atoms with Crippen LogP contribution in [0.25, 0.3) is 0 Å². The maximum absolute atomic E-state index is 13.6. The average Bonchev–Trinajstić information content (AvgIpc) is 3.74. The van der Waals surface area contributed by atoms with Gasteiger partial charge >= 0.3 is 0 Å². The number of likely N-dealkylation sites (tertiary alicyclic amines) is 2. The van der Waals surface area contributed by atoms with Crippen molar-refractivity contribution in [2.75, 3.05) is 33.7 Å². The Balaban J connectivity index is 1.64. The fraction of sp³-hybridized carbons (Fsp3) is 0.639. The van der Waals surface area contributed by atoms with Crippen LogP contribution in [-0.2, 0) is 24.0 Å². The summed E-state index contributed by atoms with van der Waals surface area (Å²) in [6, 6.07) is 1.54. The second-order valence-electron chi connectivity index (χ2n) is 15.2. The molecule has 0 aromatic heterocycles. The summed E-state index contributed by atoms with van der Waals surface area (Å²) in [5.41, 5.74) is 5.55. The van der Waals surface area contributed by atoms with Crippen molar-refractivity contribution < 1.29 is 33.6 Å². The van der Waals surface area contributed by atoms with Gasteiger partial charge in [-0.3, -0.25) is 33.6 Å². The fourth-order valence-corrected chi connectivity index (χ4v) is 6.20. The third-order valence-corrected chi connectivity index (χ3v) is 9.75. The maximum atomic E-state index is 13.6. The van der Waals surface area contributed by atoms with Crippen LogP contribution in [0.4, 0.5) is 0 Å². The zero-order valence-corrected chi connectivity index (χ0v) is 31.8. The number of hydrogen-bond donors (Lipinski definition) is 7. The molecular formula is C36H57N9O7. The van der Waals surface area contributed by atoms with Crippen molar-refractivity contribution in [3.05, 3.63) is 35.4 Å². The van der Waals surface area contributed by atoms with E-state index in [1.54, 1.807) is 64.9 Å². The van der Waals surface area contributed by atoms with E-state index in [1.807, 2.05) is 20.8 Å². The Bertz CT molecular complexity index is 1510. The van der Waals surface area contributed by atoms with Crippen LogP contribution in [0.3, 0.4) is 0 Å². The highest BCUT2D eigenvalue weighted by Crippen LogP contribution is 2.24. The van der Waals surface area contributed by atoms with E-state index in [-0.39, 0.29) is 60.3 Å². The van der Waals surface area contributed by atoms with Crippen LogP contribution in [-0.4, -0.2) is 127 Å². The minimum Gasteiger partial charge on any atom is -0.368 e. The maximum Gasteiger partial charge on any atom is 0.251 e. The molecule has 7 amide bonds. The molecule has 52 heavy (non-hydrogen) atoms. The smallest absolute Gasteiger partial charge is 0.251 e. The number of nitrogens with zero attached hydrogens (tertiary/aromatic N) is 2. The van der Waals surface area contributed by atoms with Crippen LogP contribution in [0.2, 0.25) is 0 Å². The minimum atomic E-state index is -0.987. The van der Waals surface area contributed by atoms with Gasteiger partial charge in [0, 0.05) is 42.8 Å². The Kier molecular flexibility index (Phi) is 14.3. The number of benzene rings is 1. The van der Waals surface area contributed by atoms with E-state index >= 15 is 0 Å². The van der Waals surface area contributed by atoms with E-state index in [9.17, 15) is 33.6 Å². The molecule has 0 saturated carbocycles. The molecule has 2 fully saturated rings. The van der Waals surface area contributed by atoms with Crippen molar-refractivity contribution in [3.63, 3.8) is 0 Å². The van der Waals surface area contributed by atoms with Crippen LogP contribution in [0.5, 0.6) is 0 Å². The van der Waals surface area contributed by atoms with E-state index < -0.39 is 65.3 Å². The van der Waals surface area contributed by atoms with Gasteiger partial charge in [-0.25, -0.2) is 0 Å². The van der Waals surface area contributed by atoms with Gasteiger partial charge in [0.2, 0.25) is 29.5 Å². The zero-order chi connectivity index (χ0) is 39.1. The molecule has 0 bridgehead atoms. The quantitative estimate of drug-likeness (QED) is 0.126. The summed E-state index contributed by atoms with van der Waals surface area (Å²) in [6.07, 6.45) is 0.604. The lowest BCUT2D eigenvalue weighted by molar-refractivity contribution is -0.141. The Morgan fingerprint density at radius 2 is 1.33 bits per heavy atom. The van der Waals surface area contributed by atoms with Crippen LogP contribution in [0, 0.1) is 11.3 Å². The predicted octanol–water partition coefficient (Wildman–Crippen LogP) is -0.911. The largest absolute Gasteiger partial charge is 0.368 e. The second kappa shape index (κ2) is 17.8. The first-order chi connectivity index (χ1) is 24.3. The van der Waals surface area contributed by atoms with Crippen molar-refractivity contribution >= 4 is 41.4 Å². The molecule has 4 unspecified atom stereocenters. The third-order valence-electron chi connectivity index (χ3n) is 9.75. The lowest BCUT2D eigenvalue weighted by Crippen LogP contribution is -2.57. The van der Waals surface area contributed by atoms with Gasteiger partial charge in [0.25, 0.3) is 11.8 Å². The van der Waals surface area contributed by atoms with Gasteiger partial charge in [0.15, 0.2) is 0 Å². The molecule has 2 aliphatic rings. The lowest BCUT2D eigenvalue weighted by atomic mass is 9.85. The molecule has 2 heterocycles. The van der Waals surface area contributed by atoms with Gasteiger partial charge in [-0.1, -0.05) is 40.7 Å². The minimum absolute atomic E-state index is 0.00417. The number of amides is 7. The molecule has 0 aliphatic carbocycles. The molecule has 8 N–H and O–H groups in total. The number of primary amides is 1. The molecule has 16 nitrogen and oxygen atoms in total. The molecule has 3 rings (SSSR count). The number of rotatable bonds is 14. The fourth-order valence-electron chi connectivity index (χ4n) is 6.20. The van der Waals surface area contributed by atoms with Crippen molar-refractivity contribution in [1.82, 2.24) is 41.7 Å². The summed E-state index contributed by atoms with van der Waals surface area (Å²) in [5, 5.41) is 17.1. The Morgan fingerprint density at radius 1 is 0.788 bits per heavy atom. The van der Waals surface area contributed by atoms with Gasteiger partial charge in [-0.15, -0.1) is 0 Å². The summed E-state index contributed by atoms with van der Waals surface area (Å²) >= 11 is 0. The van der Waals surface area contributed by atoms with Gasteiger partial charge in [0.1, 0.15) is 18.1 Å². The number of carbonyl (C=O) groups excluding carboxylic acids is 7. The van der Waals surface area contributed by atoms with Gasteiger partial charge in [-0.2, -0.15) is 0 Å². The predicted molar refractivity (Wildman–Crippen MR) is 195 cm³/mol. The number of hydrogen-bond acceptors (Lipinski definition) is 9. The Morgan fingerprint density at radius 3 is 1.83 bits per heavy atom. The standard InChI is InChI=1S/C36H57N9O7/c1-19(2)27(42-30(47)20(3)38-8)34(51)45-18-25(16-26(45)29(37)46)41-33(50)23-12-10-11-22(15-23)32(49)40-24-13-14-44(17-24)35(52)28(36(5,6)7)43-31(48)21(4)39-9/h10-12,15,19-21,24-28,38-39H,13-14,16-18H2,1-9H3,(H2,37,46)(H,40,49)(H,41,50)(H,42,47)(H,43,48)/t20?,21-,24-,25?,26?,27-,28?/m0/s1. The van der Waals surface area contributed by atoms with E-state index in [2.05, 4.69) is 31.9 Å². The molecule has 2 saturated heterocycles. The Labute approximate surface area is 306 Å². The summed E-state index contributed by atoms with van der Waals surface area (Å²) in [7, 11) is 3.30. The first-order valence-corrected chi connectivity index (χ1v) is 17.8. The van der Waals surface area contributed by atoms with E-state index in [4.69, 9.17) is 5.73 Å². The number of nitrogens with one attached hydrogen (secondary N) is 6. The molecular weight excluding hydrogens is 670 g/mol. The molecule has 288 valence electrons. The normalized spacial score (nSPS) is 21.2. The van der Waals surface area contributed by atoms with E-state index in [0.717, 1.165) is 0 Å². The zero-order valence-electron chi connectivity index (χ0n) is 31.8. The molecule has 2 aliphatic heterocycles. The highest BCUT2D eigenvalue weighted by atomic mass is 16.2. The molecule has 7 atom stereocenters. The van der Waals surface area contributed by atoms with Crippen molar-refractivity contribution in [2.45, 2.75) is 104 Å². The number of nitrogens with two attached hydrogens (primary N) is 1. The summed E-state index contributed by atoms with van der Waals surface area (Å²) in [5.74, 6) is -3.28. The molecule has 1 aromatic carbocycles. The summed E-state index contributed by atoms with van der Waals surface area (Å²) in [4.78, 5) is 94.3. The van der Waals surface area contributed by atoms with Crippen LogP contribution < -0.4 is 37.6 Å². The monoisotopic (exact) mass is 727 g/mol. The lowest BCUT2D eigenvalue weighted by Gasteiger charge is -2.34. The highest BCUT2D eigenvalue weighted by Gasteiger charge is 2.43. The highest BCUT2D eigenvalue weighted by molar-refractivity contribution is 6.00. The van der Waals surface area contributed by atoms with Gasteiger partial charge < -0.3 is 47.4 Å². The molecule has 16 heteroatoms. The third kappa shape index (κ3) is 10.5. The first kappa shape index (κ1) is 41.8. The second-order valence-corrected chi connectivity index (χ2v) is 15.2. The van der Waals surface area contributed by atoms with Gasteiger partial charge in [0.05, 0.1) is 12.1 Å². The summed E-state index contributed by atoms with van der Waals surface area (Å²) in [6.45, 7) is 13.3. The topological polar surface area (TPSA) is 224 Å². The van der Waals surface area contributed by atoms with Crippen LogP contribution in [0.15, 0.2) is 24.3 Å². The average molecular weight is 728 g/mol. The molecule has 0 spiro atoms. The molecule has 0 radical (unpaired) electrons. The van der Waals surface area contributed by atoms with Crippen molar-refractivity contribution in [1.29, 1.82) is 0 Å². The van der Waals surface area contributed by atoms with E-state index in [1.165, 1.54) is 11.0 Å². The van der Waals surface area contributed by atoms with Crippen LogP contribution in [0.1, 0.15) is 82.0 Å². The number of likely N-dealkylation sites (N-methyl/N-ethyl adjacent to an activating group) is 2. The van der Waals surface area contributed by atoms with E-state index in [0.29, 0.717) is 13.0 Å². The Hall–Kier alpha value is -4.57. The molecule has 1 aromatic rings.